The van der Waals surface area contributed by atoms with Crippen LogP contribution in [0.4, 0.5) is 0 Å². The van der Waals surface area contributed by atoms with Crippen LogP contribution >= 0.6 is 0 Å². The molecule has 0 amide bonds. The van der Waals surface area contributed by atoms with Gasteiger partial charge in [0.2, 0.25) is 0 Å². The molecule has 1 aromatic heterocycles. The van der Waals surface area contributed by atoms with Gasteiger partial charge in [-0.25, -0.2) is 4.98 Å². The van der Waals surface area contributed by atoms with Gasteiger partial charge >= 0.3 is 0 Å². The molecule has 1 aliphatic heterocycles. The van der Waals surface area contributed by atoms with Gasteiger partial charge in [0.25, 0.3) is 0 Å². The standard InChI is InChI=1S/C15H19N3/c1-11-8-16-10-18(11)15-12(2)17(3)9-13-6-4-5-7-14(13)15/h4-8,10,12,15H,9H2,1-3H3. The number of hydrogen-bond acceptors (Lipinski definition) is 2. The van der Waals surface area contributed by atoms with Crippen LogP contribution in [0.1, 0.15) is 29.8 Å². The van der Waals surface area contributed by atoms with Gasteiger partial charge in [0.1, 0.15) is 0 Å². The van der Waals surface area contributed by atoms with Gasteiger partial charge in [-0.05, 0) is 32.0 Å². The Morgan fingerprint density at radius 1 is 1.28 bits per heavy atom. The SMILES string of the molecule is Cc1cncn1C1c2ccccc2CN(C)C1C. The second-order valence-corrected chi connectivity index (χ2v) is 5.24. The first-order chi connectivity index (χ1) is 8.68. The van der Waals surface area contributed by atoms with E-state index in [1.807, 2.05) is 12.5 Å². The zero-order chi connectivity index (χ0) is 12.7. The third-order valence-electron chi connectivity index (χ3n) is 4.11. The Balaban J connectivity index is 2.15. The lowest BCUT2D eigenvalue weighted by Crippen LogP contribution is -2.41. The lowest BCUT2D eigenvalue weighted by Gasteiger charge is -2.39. The van der Waals surface area contributed by atoms with E-state index < -0.39 is 0 Å². The van der Waals surface area contributed by atoms with Crippen LogP contribution in [0.3, 0.4) is 0 Å². The molecule has 0 saturated heterocycles. The average Bonchev–Trinajstić information content (AvgIpc) is 2.77. The Kier molecular flexibility index (Phi) is 2.71. The van der Waals surface area contributed by atoms with Crippen LogP contribution in [0.5, 0.6) is 0 Å². The number of rotatable bonds is 1. The number of nitrogens with zero attached hydrogens (tertiary/aromatic N) is 3. The molecule has 3 heteroatoms. The van der Waals surface area contributed by atoms with E-state index in [4.69, 9.17) is 0 Å². The third kappa shape index (κ3) is 1.66. The maximum atomic E-state index is 4.27. The summed E-state index contributed by atoms with van der Waals surface area (Å²) in [4.78, 5) is 6.68. The fourth-order valence-corrected chi connectivity index (χ4v) is 2.92. The van der Waals surface area contributed by atoms with Crippen LogP contribution in [0.2, 0.25) is 0 Å². The van der Waals surface area contributed by atoms with E-state index in [0.717, 1.165) is 6.54 Å². The fraction of sp³-hybridized carbons (Fsp3) is 0.400. The predicted molar refractivity (Wildman–Crippen MR) is 72.5 cm³/mol. The topological polar surface area (TPSA) is 21.1 Å². The minimum Gasteiger partial charge on any atom is -0.326 e. The summed E-state index contributed by atoms with van der Waals surface area (Å²) in [6.45, 7) is 5.44. The lowest BCUT2D eigenvalue weighted by molar-refractivity contribution is 0.182. The van der Waals surface area contributed by atoms with Crippen molar-refractivity contribution < 1.29 is 0 Å². The molecule has 3 nitrogen and oxygen atoms in total. The Bertz CT molecular complexity index is 558. The second-order valence-electron chi connectivity index (χ2n) is 5.24. The molecule has 3 rings (SSSR count). The summed E-state index contributed by atoms with van der Waals surface area (Å²) in [7, 11) is 2.19. The Labute approximate surface area is 108 Å². The number of aryl methyl sites for hydroxylation is 1. The van der Waals surface area contributed by atoms with E-state index in [9.17, 15) is 0 Å². The normalized spacial score (nSPS) is 23.9. The molecular weight excluding hydrogens is 222 g/mol. The highest BCUT2D eigenvalue weighted by Crippen LogP contribution is 2.34. The molecule has 0 N–H and O–H groups in total. The van der Waals surface area contributed by atoms with Crippen molar-refractivity contribution in [3.05, 3.63) is 53.6 Å². The van der Waals surface area contributed by atoms with E-state index in [-0.39, 0.29) is 0 Å². The van der Waals surface area contributed by atoms with Gasteiger partial charge in [-0.3, -0.25) is 4.90 Å². The van der Waals surface area contributed by atoms with Gasteiger partial charge in [0, 0.05) is 24.5 Å². The second kappa shape index (κ2) is 4.25. The molecule has 2 heterocycles. The minimum absolute atomic E-state index is 0.363. The number of likely N-dealkylation sites (N-methyl/N-ethyl adjacent to an activating group) is 1. The summed E-state index contributed by atoms with van der Waals surface area (Å²) < 4.78 is 2.29. The van der Waals surface area contributed by atoms with Crippen LogP contribution in [0.15, 0.2) is 36.8 Å². The van der Waals surface area contributed by atoms with Gasteiger partial charge in [0.05, 0.1) is 12.4 Å². The van der Waals surface area contributed by atoms with Gasteiger partial charge in [-0.15, -0.1) is 0 Å². The largest absolute Gasteiger partial charge is 0.326 e. The van der Waals surface area contributed by atoms with Crippen molar-refractivity contribution in [1.29, 1.82) is 0 Å². The molecule has 1 aliphatic rings. The molecule has 94 valence electrons. The van der Waals surface area contributed by atoms with Gasteiger partial charge < -0.3 is 4.57 Å². The van der Waals surface area contributed by atoms with Crippen molar-refractivity contribution in [1.82, 2.24) is 14.5 Å². The van der Waals surface area contributed by atoms with Crippen molar-refractivity contribution in [2.45, 2.75) is 32.5 Å². The van der Waals surface area contributed by atoms with Crippen molar-refractivity contribution in [3.63, 3.8) is 0 Å². The summed E-state index contributed by atoms with van der Waals surface area (Å²) in [6, 6.07) is 9.59. The van der Waals surface area contributed by atoms with E-state index in [1.54, 1.807) is 0 Å². The number of hydrogen-bond donors (Lipinski definition) is 0. The third-order valence-corrected chi connectivity index (χ3v) is 4.11. The minimum atomic E-state index is 0.363. The highest BCUT2D eigenvalue weighted by Gasteiger charge is 2.31. The first kappa shape index (κ1) is 11.5. The van der Waals surface area contributed by atoms with Crippen LogP contribution in [0.25, 0.3) is 0 Å². The molecule has 0 bridgehead atoms. The van der Waals surface area contributed by atoms with Crippen molar-refractivity contribution in [2.24, 2.45) is 0 Å². The van der Waals surface area contributed by atoms with E-state index >= 15 is 0 Å². The van der Waals surface area contributed by atoms with E-state index in [0.29, 0.717) is 12.1 Å². The molecule has 0 saturated carbocycles. The summed E-state index contributed by atoms with van der Waals surface area (Å²) >= 11 is 0. The maximum Gasteiger partial charge on any atom is 0.0954 e. The summed E-state index contributed by atoms with van der Waals surface area (Å²) in [6.07, 6.45) is 3.89. The zero-order valence-electron chi connectivity index (χ0n) is 11.2. The van der Waals surface area contributed by atoms with Crippen LogP contribution in [-0.2, 0) is 6.54 Å². The summed E-state index contributed by atoms with van der Waals surface area (Å²) in [5.41, 5.74) is 4.08. The molecule has 18 heavy (non-hydrogen) atoms. The first-order valence-corrected chi connectivity index (χ1v) is 6.45. The molecule has 2 unspecified atom stereocenters. The molecule has 0 aliphatic carbocycles. The molecule has 1 aromatic carbocycles. The van der Waals surface area contributed by atoms with Gasteiger partial charge in [-0.1, -0.05) is 24.3 Å². The molecule has 0 radical (unpaired) electrons. The van der Waals surface area contributed by atoms with Crippen molar-refractivity contribution in [3.8, 4) is 0 Å². The number of benzene rings is 1. The summed E-state index contributed by atoms with van der Waals surface area (Å²) in [5, 5.41) is 0. The monoisotopic (exact) mass is 241 g/mol. The number of imidazole rings is 1. The highest BCUT2D eigenvalue weighted by atomic mass is 15.2. The summed E-state index contributed by atoms with van der Waals surface area (Å²) in [5.74, 6) is 0. The molecular formula is C15H19N3. The van der Waals surface area contributed by atoms with E-state index in [2.05, 4.69) is 59.6 Å². The van der Waals surface area contributed by atoms with Gasteiger partial charge in [0.15, 0.2) is 0 Å². The zero-order valence-corrected chi connectivity index (χ0v) is 11.2. The molecule has 2 atom stereocenters. The Morgan fingerprint density at radius 2 is 2.06 bits per heavy atom. The molecule has 0 spiro atoms. The van der Waals surface area contributed by atoms with Crippen LogP contribution in [0, 0.1) is 6.92 Å². The maximum absolute atomic E-state index is 4.27. The van der Waals surface area contributed by atoms with E-state index in [1.165, 1.54) is 16.8 Å². The highest BCUT2D eigenvalue weighted by molar-refractivity contribution is 5.34. The lowest BCUT2D eigenvalue weighted by atomic mass is 9.90. The predicted octanol–water partition coefficient (Wildman–Crippen LogP) is 2.61. The Hall–Kier alpha value is -1.61. The van der Waals surface area contributed by atoms with Gasteiger partial charge in [-0.2, -0.15) is 0 Å². The average molecular weight is 241 g/mol. The van der Waals surface area contributed by atoms with Crippen LogP contribution in [-0.4, -0.2) is 27.5 Å². The molecule has 2 aromatic rings. The number of aromatic nitrogens is 2. The quantitative estimate of drug-likeness (QED) is 0.765. The first-order valence-electron chi connectivity index (χ1n) is 6.45. The Morgan fingerprint density at radius 3 is 2.78 bits per heavy atom. The van der Waals surface area contributed by atoms with Crippen molar-refractivity contribution >= 4 is 0 Å². The van der Waals surface area contributed by atoms with Crippen LogP contribution < -0.4 is 0 Å². The number of fused-ring (bicyclic) bond motifs is 1. The fourth-order valence-electron chi connectivity index (χ4n) is 2.92. The smallest absolute Gasteiger partial charge is 0.0954 e. The van der Waals surface area contributed by atoms with Crippen molar-refractivity contribution in [2.75, 3.05) is 7.05 Å². The molecule has 0 fully saturated rings.